The number of methoxy groups -OCH3 is 1. The molecule has 8 nitrogen and oxygen atoms in total. The summed E-state index contributed by atoms with van der Waals surface area (Å²) in [6.07, 6.45) is 5.91. The lowest BCUT2D eigenvalue weighted by atomic mass is 10.1. The molecule has 3 N–H and O–H groups in total. The molecule has 43 heavy (non-hydrogen) atoms. The first-order valence-electron chi connectivity index (χ1n) is 14.3. The highest BCUT2D eigenvalue weighted by Gasteiger charge is 2.34. The third kappa shape index (κ3) is 9.05. The minimum atomic E-state index is -0.998. The Morgan fingerprint density at radius 1 is 1.07 bits per heavy atom. The summed E-state index contributed by atoms with van der Waals surface area (Å²) in [5.74, 6) is 0.877. The van der Waals surface area contributed by atoms with E-state index in [1.807, 2.05) is 42.5 Å². The van der Waals surface area contributed by atoms with Gasteiger partial charge in [-0.15, -0.1) is 11.6 Å². The maximum atomic E-state index is 13.4. The Balaban J connectivity index is 1.42. The van der Waals surface area contributed by atoms with Crippen molar-refractivity contribution in [1.29, 1.82) is 0 Å². The minimum absolute atomic E-state index is 0.0544. The molecule has 0 radical (unpaired) electrons. The lowest BCUT2D eigenvalue weighted by Gasteiger charge is -2.25. The van der Waals surface area contributed by atoms with Gasteiger partial charge < -0.3 is 30.1 Å². The second-order valence-corrected chi connectivity index (χ2v) is 11.4. The number of allylic oxidation sites excluding steroid dienone is 1. The number of hydrogen-bond donors (Lipinski definition) is 3. The summed E-state index contributed by atoms with van der Waals surface area (Å²) in [5.41, 5.74) is 2.54. The number of ether oxygens (including phenoxy) is 2. The van der Waals surface area contributed by atoms with Crippen molar-refractivity contribution in [2.24, 2.45) is 0 Å². The molecular formula is C33H37Cl2N3O5. The van der Waals surface area contributed by atoms with Gasteiger partial charge in [-0.3, -0.25) is 4.79 Å². The number of carboxylic acids is 1. The number of para-hydroxylation sites is 1. The van der Waals surface area contributed by atoms with Crippen LogP contribution in [0.15, 0.2) is 78.6 Å². The molecule has 2 unspecified atom stereocenters. The highest BCUT2D eigenvalue weighted by molar-refractivity contribution is 6.33. The Hall–Kier alpha value is -3.88. The maximum Gasteiger partial charge on any atom is 0.335 e. The van der Waals surface area contributed by atoms with Crippen LogP contribution in [0.25, 0.3) is 0 Å². The first-order valence-corrected chi connectivity index (χ1v) is 15.1. The van der Waals surface area contributed by atoms with Gasteiger partial charge in [0.15, 0.2) is 0 Å². The zero-order valence-corrected chi connectivity index (χ0v) is 25.8. The van der Waals surface area contributed by atoms with E-state index in [-0.39, 0.29) is 35.9 Å². The summed E-state index contributed by atoms with van der Waals surface area (Å²) in [6, 6.07) is 19.2. The fraction of sp³-hybridized carbons (Fsp3) is 0.333. The molecule has 1 aliphatic rings. The van der Waals surface area contributed by atoms with E-state index in [0.29, 0.717) is 29.5 Å². The second kappa shape index (κ2) is 15.5. The third-order valence-corrected chi connectivity index (χ3v) is 7.81. The van der Waals surface area contributed by atoms with E-state index in [4.69, 9.17) is 37.8 Å². The number of nitrogens with one attached hydrogen (secondary N) is 2. The molecular weight excluding hydrogens is 589 g/mol. The van der Waals surface area contributed by atoms with Crippen molar-refractivity contribution in [2.45, 2.75) is 50.4 Å². The van der Waals surface area contributed by atoms with Crippen LogP contribution in [0.3, 0.4) is 0 Å². The Morgan fingerprint density at radius 2 is 1.81 bits per heavy atom. The summed E-state index contributed by atoms with van der Waals surface area (Å²) in [4.78, 5) is 26.3. The molecule has 0 aliphatic carbocycles. The molecule has 3 aromatic rings. The lowest BCUT2D eigenvalue weighted by Crippen LogP contribution is -2.40. The second-order valence-electron chi connectivity index (χ2n) is 10.4. The molecule has 0 bridgehead atoms. The fourth-order valence-corrected chi connectivity index (χ4v) is 5.41. The predicted octanol–water partition coefficient (Wildman–Crippen LogP) is 7.43. The number of carbonyl (C=O) groups is 2. The molecule has 2 atom stereocenters. The summed E-state index contributed by atoms with van der Waals surface area (Å²) < 4.78 is 11.6. The van der Waals surface area contributed by atoms with Crippen LogP contribution in [-0.2, 0) is 11.2 Å². The molecule has 1 heterocycles. The number of alkyl halides is 1. The topological polar surface area (TPSA) is 100 Å². The molecule has 1 aliphatic heterocycles. The van der Waals surface area contributed by atoms with Gasteiger partial charge in [-0.2, -0.15) is 0 Å². The highest BCUT2D eigenvalue weighted by Crippen LogP contribution is 2.30. The number of rotatable bonds is 14. The van der Waals surface area contributed by atoms with Crippen molar-refractivity contribution in [3.63, 3.8) is 0 Å². The Bertz CT molecular complexity index is 1430. The molecule has 10 heteroatoms. The van der Waals surface area contributed by atoms with Crippen LogP contribution >= 0.6 is 23.2 Å². The van der Waals surface area contributed by atoms with E-state index < -0.39 is 5.97 Å². The molecule has 0 saturated carbocycles. The molecule has 1 fully saturated rings. The summed E-state index contributed by atoms with van der Waals surface area (Å²) >= 11 is 12.8. The number of carboxylic acid groups (broad SMARTS) is 1. The van der Waals surface area contributed by atoms with Gasteiger partial charge in [0.1, 0.15) is 23.9 Å². The van der Waals surface area contributed by atoms with Gasteiger partial charge >= 0.3 is 5.97 Å². The number of anilines is 2. The van der Waals surface area contributed by atoms with Crippen molar-refractivity contribution >= 4 is 46.5 Å². The quantitative estimate of drug-likeness (QED) is 0.126. The Kier molecular flexibility index (Phi) is 11.6. The van der Waals surface area contributed by atoms with E-state index in [1.54, 1.807) is 24.1 Å². The summed E-state index contributed by atoms with van der Waals surface area (Å²) in [5, 5.41) is 16.4. The van der Waals surface area contributed by atoms with Crippen molar-refractivity contribution < 1.29 is 24.2 Å². The maximum absolute atomic E-state index is 13.4. The van der Waals surface area contributed by atoms with Crippen LogP contribution in [0.1, 0.15) is 48.5 Å². The lowest BCUT2D eigenvalue weighted by molar-refractivity contribution is -0.131. The third-order valence-electron chi connectivity index (χ3n) is 7.17. The summed E-state index contributed by atoms with van der Waals surface area (Å²) in [7, 11) is 1.60. The number of halogens is 2. The monoisotopic (exact) mass is 625 g/mol. The van der Waals surface area contributed by atoms with E-state index in [1.165, 1.54) is 12.1 Å². The van der Waals surface area contributed by atoms with Gasteiger partial charge in [-0.05, 0) is 79.4 Å². The number of aromatic carboxylic acids is 1. The molecule has 4 rings (SSSR count). The molecule has 0 aromatic heterocycles. The largest absolute Gasteiger partial charge is 0.495 e. The average Bonchev–Trinajstić information content (AvgIpc) is 3.38. The molecule has 1 amide bonds. The number of hydrogen-bond acceptors (Lipinski definition) is 6. The zero-order valence-electron chi connectivity index (χ0n) is 24.3. The smallest absolute Gasteiger partial charge is 0.335 e. The van der Waals surface area contributed by atoms with Gasteiger partial charge in [-0.1, -0.05) is 43.1 Å². The minimum Gasteiger partial charge on any atom is -0.495 e. The van der Waals surface area contributed by atoms with Crippen molar-refractivity contribution in [3.8, 4) is 11.5 Å². The van der Waals surface area contributed by atoms with Gasteiger partial charge in [0.2, 0.25) is 5.91 Å². The first kappa shape index (κ1) is 32.0. The standard InChI is InChI=1S/C33H37Cl2N3O5/c1-3-4-5-10-31(36-28-9-7-6-8-27(28)35)37-29-16-11-22(17-30(29)42-2)18-32(39)38-20-24(34)19-25(38)21-43-26-14-12-23(13-15-26)33(40)41/h6-17,24-25,36-37H,3-5,18-21H2,1-2H3,(H,40,41)/b31-10-. The van der Waals surface area contributed by atoms with Crippen molar-refractivity contribution in [3.05, 3.63) is 94.8 Å². The Morgan fingerprint density at radius 3 is 2.51 bits per heavy atom. The number of amides is 1. The van der Waals surface area contributed by atoms with Crippen LogP contribution < -0.4 is 20.1 Å². The predicted molar refractivity (Wildman–Crippen MR) is 172 cm³/mol. The van der Waals surface area contributed by atoms with Crippen molar-refractivity contribution in [2.75, 3.05) is 30.9 Å². The van der Waals surface area contributed by atoms with Gasteiger partial charge in [-0.25, -0.2) is 4.79 Å². The van der Waals surface area contributed by atoms with Gasteiger partial charge in [0.05, 0.1) is 46.9 Å². The van der Waals surface area contributed by atoms with Crippen LogP contribution in [0.4, 0.5) is 11.4 Å². The average molecular weight is 627 g/mol. The molecule has 3 aromatic carbocycles. The number of nitrogens with zero attached hydrogens (tertiary/aromatic N) is 1. The van der Waals surface area contributed by atoms with E-state index in [2.05, 4.69) is 23.6 Å². The van der Waals surface area contributed by atoms with Crippen LogP contribution in [-0.4, -0.2) is 53.6 Å². The number of unbranched alkanes of at least 4 members (excludes halogenated alkanes) is 2. The summed E-state index contributed by atoms with van der Waals surface area (Å²) in [6.45, 7) is 2.85. The van der Waals surface area contributed by atoms with E-state index in [9.17, 15) is 9.59 Å². The van der Waals surface area contributed by atoms with Crippen molar-refractivity contribution in [1.82, 2.24) is 4.90 Å². The van der Waals surface area contributed by atoms with Gasteiger partial charge in [0, 0.05) is 6.54 Å². The normalized spacial score (nSPS) is 16.6. The van der Waals surface area contributed by atoms with E-state index in [0.717, 1.165) is 42.0 Å². The van der Waals surface area contributed by atoms with E-state index >= 15 is 0 Å². The SMILES string of the molecule is CCCC/C=C(/Nc1ccccc1Cl)Nc1ccc(CC(=O)N2CC(Cl)CC2COc2ccc(C(=O)O)cc2)cc1OC. The molecule has 0 spiro atoms. The zero-order chi connectivity index (χ0) is 30.8. The Labute approximate surface area is 262 Å². The van der Waals surface area contributed by atoms with Crippen LogP contribution in [0.5, 0.6) is 11.5 Å². The van der Waals surface area contributed by atoms with Gasteiger partial charge in [0.25, 0.3) is 0 Å². The number of benzene rings is 3. The molecule has 228 valence electrons. The highest BCUT2D eigenvalue weighted by atomic mass is 35.5. The number of likely N-dealkylation sites (tertiary alicyclic amines) is 1. The van der Waals surface area contributed by atoms with Crippen LogP contribution in [0.2, 0.25) is 5.02 Å². The molecule has 1 saturated heterocycles. The fourth-order valence-electron chi connectivity index (χ4n) is 4.87. The van der Waals surface area contributed by atoms with Crippen LogP contribution in [0, 0.1) is 0 Å². The number of carbonyl (C=O) groups excluding carboxylic acids is 1. The first-order chi connectivity index (χ1) is 20.8.